The number of fused-ring (bicyclic) bond motifs is 1. The Morgan fingerprint density at radius 3 is 2.57 bits per heavy atom. The number of carbonyl (C=O) groups excluding carboxylic acids is 1. The average molecular weight is 357 g/mol. The maximum Gasteiger partial charge on any atom is 0.414 e. The number of carbonyl (C=O) groups is 1. The molecule has 21 heavy (non-hydrogen) atoms. The molecular formula is C15H21BrN2O3. The molecule has 0 saturated heterocycles. The number of ether oxygens (including phenoxy) is 2. The fourth-order valence-electron chi connectivity index (χ4n) is 2.34. The van der Waals surface area contributed by atoms with Crippen LogP contribution in [0.4, 0.5) is 10.5 Å². The van der Waals surface area contributed by atoms with Crippen molar-refractivity contribution in [2.24, 2.45) is 0 Å². The first-order valence-electron chi connectivity index (χ1n) is 6.81. The molecule has 0 aliphatic carbocycles. The summed E-state index contributed by atoms with van der Waals surface area (Å²) < 4.78 is 11.4. The van der Waals surface area contributed by atoms with Gasteiger partial charge in [-0.3, -0.25) is 4.90 Å². The molecule has 1 aliphatic rings. The van der Waals surface area contributed by atoms with Crippen LogP contribution in [-0.2, 0) is 10.2 Å². The lowest BCUT2D eigenvalue weighted by atomic mass is 9.91. The minimum atomic E-state index is -0.531. The molecule has 0 bridgehead atoms. The number of pyridine rings is 1. The van der Waals surface area contributed by atoms with Gasteiger partial charge in [0.05, 0.1) is 18.5 Å². The van der Waals surface area contributed by atoms with E-state index in [-0.39, 0.29) is 11.5 Å². The molecule has 0 unspecified atom stereocenters. The van der Waals surface area contributed by atoms with Gasteiger partial charge in [-0.1, -0.05) is 13.8 Å². The van der Waals surface area contributed by atoms with Gasteiger partial charge >= 0.3 is 6.09 Å². The lowest BCUT2D eigenvalue weighted by Gasteiger charge is -2.25. The summed E-state index contributed by atoms with van der Waals surface area (Å²) in [4.78, 5) is 18.6. The zero-order valence-corrected chi connectivity index (χ0v) is 14.9. The lowest BCUT2D eigenvalue weighted by Crippen LogP contribution is -2.38. The number of halogens is 1. The van der Waals surface area contributed by atoms with E-state index in [2.05, 4.69) is 34.8 Å². The van der Waals surface area contributed by atoms with Gasteiger partial charge in [0.25, 0.3) is 0 Å². The van der Waals surface area contributed by atoms with Crippen LogP contribution in [0.3, 0.4) is 0 Å². The van der Waals surface area contributed by atoms with Crippen molar-refractivity contribution in [2.75, 3.05) is 18.6 Å². The zero-order chi connectivity index (χ0) is 16.0. The predicted molar refractivity (Wildman–Crippen MR) is 85.1 cm³/mol. The third-order valence-electron chi connectivity index (χ3n) is 3.24. The summed E-state index contributed by atoms with van der Waals surface area (Å²) in [5, 5.41) is 0. The highest BCUT2D eigenvalue weighted by Gasteiger charge is 2.41. The van der Waals surface area contributed by atoms with E-state index in [1.165, 1.54) is 0 Å². The van der Waals surface area contributed by atoms with E-state index >= 15 is 0 Å². The molecule has 6 heteroatoms. The predicted octanol–water partition coefficient (Wildman–Crippen LogP) is 3.89. The number of anilines is 1. The van der Waals surface area contributed by atoms with Crippen molar-refractivity contribution in [1.29, 1.82) is 0 Å². The topological polar surface area (TPSA) is 51.7 Å². The van der Waals surface area contributed by atoms with Crippen LogP contribution in [0, 0.1) is 0 Å². The van der Waals surface area contributed by atoms with Gasteiger partial charge in [0.2, 0.25) is 0 Å². The molecule has 1 amide bonds. The van der Waals surface area contributed by atoms with Gasteiger partial charge in [-0.2, -0.15) is 0 Å². The van der Waals surface area contributed by atoms with Gasteiger partial charge in [0.1, 0.15) is 10.2 Å². The van der Waals surface area contributed by atoms with E-state index in [9.17, 15) is 4.79 Å². The smallest absolute Gasteiger partial charge is 0.414 e. The molecule has 0 saturated carbocycles. The van der Waals surface area contributed by atoms with E-state index in [1.807, 2.05) is 26.8 Å². The van der Waals surface area contributed by atoms with Gasteiger partial charge in [-0.05, 0) is 36.7 Å². The van der Waals surface area contributed by atoms with Crippen LogP contribution in [0.15, 0.2) is 10.7 Å². The van der Waals surface area contributed by atoms with Crippen LogP contribution >= 0.6 is 15.9 Å². The van der Waals surface area contributed by atoms with Crippen molar-refractivity contribution in [3.05, 3.63) is 16.4 Å². The Balaban J connectivity index is 2.44. The first-order chi connectivity index (χ1) is 9.55. The Bertz CT molecular complexity index is 579. The van der Waals surface area contributed by atoms with Crippen LogP contribution in [0.2, 0.25) is 0 Å². The van der Waals surface area contributed by atoms with Crippen molar-refractivity contribution in [3.8, 4) is 5.75 Å². The molecule has 1 aromatic heterocycles. The van der Waals surface area contributed by atoms with Crippen molar-refractivity contribution in [3.63, 3.8) is 0 Å². The van der Waals surface area contributed by atoms with Crippen molar-refractivity contribution in [1.82, 2.24) is 4.98 Å². The minimum Gasteiger partial charge on any atom is -0.494 e. The molecule has 1 aliphatic heterocycles. The fourth-order valence-corrected chi connectivity index (χ4v) is 2.80. The molecule has 1 aromatic rings. The Labute approximate surface area is 133 Å². The summed E-state index contributed by atoms with van der Waals surface area (Å²) in [5.74, 6) is 0.597. The average Bonchev–Trinajstić information content (AvgIpc) is 2.58. The van der Waals surface area contributed by atoms with Gasteiger partial charge in [-0.15, -0.1) is 0 Å². The minimum absolute atomic E-state index is 0.235. The Morgan fingerprint density at radius 2 is 2.05 bits per heavy atom. The standard InChI is InChI=1S/C15H21BrN2O3/c1-14(2,3)21-13(19)18-8-15(4,5)11-9(18)7-10(20-6)12(16)17-11/h7H,8H2,1-6H3. The van der Waals surface area contributed by atoms with Gasteiger partial charge < -0.3 is 9.47 Å². The molecule has 0 atom stereocenters. The molecule has 2 rings (SSSR count). The van der Waals surface area contributed by atoms with Gasteiger partial charge in [-0.25, -0.2) is 9.78 Å². The van der Waals surface area contributed by atoms with Crippen LogP contribution in [0.1, 0.15) is 40.3 Å². The highest BCUT2D eigenvalue weighted by Crippen LogP contribution is 2.43. The van der Waals surface area contributed by atoms with E-state index in [0.29, 0.717) is 16.9 Å². The van der Waals surface area contributed by atoms with Crippen LogP contribution < -0.4 is 9.64 Å². The molecule has 0 aromatic carbocycles. The molecule has 0 fully saturated rings. The van der Waals surface area contributed by atoms with E-state index in [0.717, 1.165) is 11.4 Å². The highest BCUT2D eigenvalue weighted by molar-refractivity contribution is 9.10. The maximum atomic E-state index is 12.4. The number of hydrogen-bond acceptors (Lipinski definition) is 4. The fraction of sp³-hybridized carbons (Fsp3) is 0.600. The SMILES string of the molecule is COc1cc2c(nc1Br)C(C)(C)CN2C(=O)OC(C)(C)C. The number of methoxy groups -OCH3 is 1. The first kappa shape index (κ1) is 16.1. The molecular weight excluding hydrogens is 336 g/mol. The lowest BCUT2D eigenvalue weighted by molar-refractivity contribution is 0.0579. The Morgan fingerprint density at radius 1 is 1.43 bits per heavy atom. The molecule has 5 nitrogen and oxygen atoms in total. The van der Waals surface area contributed by atoms with Gasteiger partial charge in [0, 0.05) is 18.0 Å². The van der Waals surface area contributed by atoms with Crippen molar-refractivity contribution >= 4 is 27.7 Å². The summed E-state index contributed by atoms with van der Waals surface area (Å²) in [6.07, 6.45) is -0.361. The van der Waals surface area contributed by atoms with E-state index in [4.69, 9.17) is 9.47 Å². The van der Waals surface area contributed by atoms with Crippen LogP contribution in [-0.4, -0.2) is 30.3 Å². The van der Waals surface area contributed by atoms with Crippen molar-refractivity contribution in [2.45, 2.75) is 45.6 Å². The second-order valence-corrected chi connectivity index (χ2v) is 7.55. The summed E-state index contributed by atoms with van der Waals surface area (Å²) in [6, 6.07) is 1.82. The molecule has 0 spiro atoms. The van der Waals surface area contributed by atoms with Crippen LogP contribution in [0.5, 0.6) is 5.75 Å². The second-order valence-electron chi connectivity index (χ2n) is 6.80. The van der Waals surface area contributed by atoms with E-state index in [1.54, 1.807) is 12.0 Å². The largest absolute Gasteiger partial charge is 0.494 e. The third-order valence-corrected chi connectivity index (χ3v) is 3.81. The summed E-state index contributed by atoms with van der Waals surface area (Å²) in [6.45, 7) is 10.2. The number of amides is 1. The third kappa shape index (κ3) is 3.15. The molecule has 2 heterocycles. The summed E-state index contributed by atoms with van der Waals surface area (Å²) in [5.41, 5.74) is 0.841. The number of rotatable bonds is 1. The van der Waals surface area contributed by atoms with Crippen molar-refractivity contribution < 1.29 is 14.3 Å². The number of hydrogen-bond donors (Lipinski definition) is 0. The quantitative estimate of drug-likeness (QED) is 0.716. The van der Waals surface area contributed by atoms with Gasteiger partial charge in [0.15, 0.2) is 5.75 Å². The zero-order valence-electron chi connectivity index (χ0n) is 13.3. The second kappa shape index (κ2) is 5.16. The Kier molecular flexibility index (Phi) is 3.95. The summed E-state index contributed by atoms with van der Waals surface area (Å²) in [7, 11) is 1.58. The number of aromatic nitrogens is 1. The molecule has 0 radical (unpaired) electrons. The summed E-state index contributed by atoms with van der Waals surface area (Å²) >= 11 is 3.40. The van der Waals surface area contributed by atoms with Crippen LogP contribution in [0.25, 0.3) is 0 Å². The first-order valence-corrected chi connectivity index (χ1v) is 7.60. The number of nitrogens with zero attached hydrogens (tertiary/aromatic N) is 2. The normalized spacial score (nSPS) is 16.6. The maximum absolute atomic E-state index is 12.4. The van der Waals surface area contributed by atoms with E-state index < -0.39 is 5.60 Å². The Hall–Kier alpha value is -1.30. The monoisotopic (exact) mass is 356 g/mol. The molecule has 0 N–H and O–H groups in total. The highest BCUT2D eigenvalue weighted by atomic mass is 79.9. The molecule has 116 valence electrons.